The van der Waals surface area contributed by atoms with E-state index in [9.17, 15) is 4.79 Å². The Kier molecular flexibility index (Phi) is 6.30. The van der Waals surface area contributed by atoms with E-state index in [4.69, 9.17) is 0 Å². The molecule has 1 radical (unpaired) electrons. The number of amides is 1. The van der Waals surface area contributed by atoms with Crippen molar-refractivity contribution >= 4 is 23.5 Å². The molecule has 0 heterocycles. The van der Waals surface area contributed by atoms with Gasteiger partial charge in [-0.15, -0.1) is 0 Å². The van der Waals surface area contributed by atoms with Crippen LogP contribution in [0.2, 0.25) is 0 Å². The van der Waals surface area contributed by atoms with Gasteiger partial charge in [-0.1, -0.05) is 31.9 Å². The van der Waals surface area contributed by atoms with Crippen molar-refractivity contribution in [1.29, 1.82) is 0 Å². The first-order valence-electron chi connectivity index (χ1n) is 7.55. The van der Waals surface area contributed by atoms with E-state index in [2.05, 4.69) is 34.6 Å². The molecule has 4 nitrogen and oxygen atoms in total. The van der Waals surface area contributed by atoms with Crippen LogP contribution in [-0.2, 0) is 11.2 Å². The summed E-state index contributed by atoms with van der Waals surface area (Å²) >= 11 is 0. The summed E-state index contributed by atoms with van der Waals surface area (Å²) in [6, 6.07) is 15.3. The lowest BCUT2D eigenvalue weighted by atomic mass is 10.1. The van der Waals surface area contributed by atoms with Gasteiger partial charge in [-0.25, -0.2) is 0 Å². The number of benzene rings is 2. The molecule has 0 aliphatic rings. The molecule has 0 unspecified atom stereocenters. The molecule has 0 bridgehead atoms. The van der Waals surface area contributed by atoms with Gasteiger partial charge in [-0.3, -0.25) is 4.79 Å². The topological polar surface area (TPSA) is 53.8 Å². The van der Waals surface area contributed by atoms with Crippen LogP contribution in [-0.4, -0.2) is 6.41 Å². The summed E-state index contributed by atoms with van der Waals surface area (Å²) in [7, 11) is 0. The Morgan fingerprint density at radius 1 is 0.909 bits per heavy atom. The number of nitrogens with one attached hydrogen (secondary N) is 1. The molecule has 2 aromatic rings. The maximum absolute atomic E-state index is 10.2. The highest BCUT2D eigenvalue weighted by Crippen LogP contribution is 2.20. The largest absolute Gasteiger partial charge is 0.318 e. The Morgan fingerprint density at radius 2 is 1.50 bits per heavy atom. The molecule has 0 aromatic heterocycles. The molecule has 1 N–H and O–H groups in total. The molecule has 2 aromatic carbocycles. The minimum absolute atomic E-state index is 0.686. The third-order valence-electron chi connectivity index (χ3n) is 3.35. The fraction of sp³-hybridized carbons (Fsp3) is 0.278. The molecule has 0 saturated heterocycles. The van der Waals surface area contributed by atoms with Crippen LogP contribution in [0.1, 0.15) is 31.7 Å². The Balaban J connectivity index is 1.93. The van der Waals surface area contributed by atoms with Crippen molar-refractivity contribution in [2.75, 3.05) is 5.32 Å². The van der Waals surface area contributed by atoms with Crippen LogP contribution in [0, 0.1) is 0 Å². The molecule has 0 spiro atoms. The van der Waals surface area contributed by atoms with Gasteiger partial charge in [-0.2, -0.15) is 10.2 Å². The van der Waals surface area contributed by atoms with Crippen LogP contribution in [0.4, 0.5) is 17.1 Å². The van der Waals surface area contributed by atoms with Gasteiger partial charge in [0.1, 0.15) is 0 Å². The molecule has 2 rings (SSSR count). The van der Waals surface area contributed by atoms with Crippen molar-refractivity contribution in [2.24, 2.45) is 10.2 Å². The lowest BCUT2D eigenvalue weighted by molar-refractivity contribution is 0.561. The zero-order valence-corrected chi connectivity index (χ0v) is 12.7. The summed E-state index contributed by atoms with van der Waals surface area (Å²) in [5.41, 5.74) is 3.60. The molecule has 0 aliphatic heterocycles. The second kappa shape index (κ2) is 8.72. The standard InChI is InChI=1S/C18H20N3O/c1-2-3-4-5-15-6-8-17(9-7-15)20-21-18-12-10-16(11-13-18)19-14-22/h6-13H,2-5H2,1H3,(H,19,22). The molecule has 0 atom stereocenters. The fourth-order valence-corrected chi connectivity index (χ4v) is 2.09. The Bertz CT molecular complexity index is 603. The second-order valence-electron chi connectivity index (χ2n) is 5.10. The normalized spacial score (nSPS) is 10.8. The third kappa shape index (κ3) is 5.13. The monoisotopic (exact) mass is 294 g/mol. The van der Waals surface area contributed by atoms with Gasteiger partial charge in [0.25, 0.3) is 0 Å². The van der Waals surface area contributed by atoms with Crippen LogP contribution in [0.5, 0.6) is 0 Å². The highest BCUT2D eigenvalue weighted by Gasteiger charge is 1.95. The summed E-state index contributed by atoms with van der Waals surface area (Å²) in [5.74, 6) is 0. The first-order valence-corrected chi connectivity index (χ1v) is 7.55. The van der Waals surface area contributed by atoms with E-state index < -0.39 is 0 Å². The van der Waals surface area contributed by atoms with Gasteiger partial charge in [-0.05, 0) is 54.8 Å². The lowest BCUT2D eigenvalue weighted by Crippen LogP contribution is -1.91. The van der Waals surface area contributed by atoms with Gasteiger partial charge >= 0.3 is 6.41 Å². The van der Waals surface area contributed by atoms with Crippen molar-refractivity contribution in [3.63, 3.8) is 0 Å². The van der Waals surface area contributed by atoms with E-state index >= 15 is 0 Å². The van der Waals surface area contributed by atoms with Crippen molar-refractivity contribution in [3.8, 4) is 0 Å². The number of hydrogen-bond acceptors (Lipinski definition) is 3. The summed E-state index contributed by atoms with van der Waals surface area (Å²) in [6.45, 7) is 2.21. The van der Waals surface area contributed by atoms with Gasteiger partial charge in [0.2, 0.25) is 0 Å². The van der Waals surface area contributed by atoms with E-state index in [1.165, 1.54) is 24.8 Å². The Labute approximate surface area is 131 Å². The molecule has 22 heavy (non-hydrogen) atoms. The zero-order valence-electron chi connectivity index (χ0n) is 12.7. The minimum Gasteiger partial charge on any atom is -0.318 e. The number of anilines is 1. The summed E-state index contributed by atoms with van der Waals surface area (Å²) in [6.07, 6.45) is 6.49. The van der Waals surface area contributed by atoms with Crippen molar-refractivity contribution in [2.45, 2.75) is 32.6 Å². The first kappa shape index (κ1) is 15.9. The minimum atomic E-state index is 0.686. The van der Waals surface area contributed by atoms with E-state index in [-0.39, 0.29) is 0 Å². The van der Waals surface area contributed by atoms with E-state index in [1.54, 1.807) is 30.7 Å². The molecule has 4 heteroatoms. The predicted molar refractivity (Wildman–Crippen MR) is 89.6 cm³/mol. The molecule has 0 aliphatic carbocycles. The van der Waals surface area contributed by atoms with Crippen LogP contribution < -0.4 is 5.32 Å². The molecule has 1 amide bonds. The zero-order chi connectivity index (χ0) is 15.6. The fourth-order valence-electron chi connectivity index (χ4n) is 2.09. The van der Waals surface area contributed by atoms with Crippen molar-refractivity contribution < 1.29 is 4.79 Å². The average Bonchev–Trinajstić information content (AvgIpc) is 2.56. The number of hydrogen-bond donors (Lipinski definition) is 1. The molecule has 0 saturated carbocycles. The van der Waals surface area contributed by atoms with Crippen LogP contribution in [0.15, 0.2) is 58.8 Å². The van der Waals surface area contributed by atoms with E-state index in [0.717, 1.165) is 17.8 Å². The van der Waals surface area contributed by atoms with Crippen molar-refractivity contribution in [3.05, 3.63) is 54.1 Å². The first-order chi connectivity index (χ1) is 10.8. The summed E-state index contributed by atoms with van der Waals surface area (Å²) in [4.78, 5) is 10.2. The second-order valence-corrected chi connectivity index (χ2v) is 5.10. The predicted octanol–water partition coefficient (Wildman–Crippen LogP) is 5.31. The Hall–Kier alpha value is -2.49. The number of unbranched alkanes of at least 4 members (excludes halogenated alkanes) is 2. The smallest absolute Gasteiger partial charge is 0.314 e. The molecular formula is C18H20N3O. The Morgan fingerprint density at radius 3 is 2.05 bits per heavy atom. The number of azo groups is 1. The van der Waals surface area contributed by atoms with Gasteiger partial charge in [0.15, 0.2) is 0 Å². The SMILES string of the molecule is CCCCCc1ccc(N=Nc2ccc(N[C]=O)cc2)cc1. The average molecular weight is 294 g/mol. The maximum atomic E-state index is 10.2. The summed E-state index contributed by atoms with van der Waals surface area (Å²) in [5, 5.41) is 10.9. The van der Waals surface area contributed by atoms with Crippen LogP contribution in [0.25, 0.3) is 0 Å². The number of aryl methyl sites for hydroxylation is 1. The van der Waals surface area contributed by atoms with E-state index in [0.29, 0.717) is 5.69 Å². The quantitative estimate of drug-likeness (QED) is 0.400. The lowest BCUT2D eigenvalue weighted by Gasteiger charge is -2.01. The van der Waals surface area contributed by atoms with Crippen LogP contribution in [0.3, 0.4) is 0 Å². The number of rotatable bonds is 8. The summed E-state index contributed by atoms with van der Waals surface area (Å²) < 4.78 is 0. The molecule has 0 fully saturated rings. The maximum Gasteiger partial charge on any atom is 0.314 e. The van der Waals surface area contributed by atoms with Gasteiger partial charge in [0.05, 0.1) is 11.4 Å². The number of carbonyl (C=O) groups excluding carboxylic acids is 1. The molecule has 113 valence electrons. The van der Waals surface area contributed by atoms with Crippen molar-refractivity contribution in [1.82, 2.24) is 0 Å². The van der Waals surface area contributed by atoms with Gasteiger partial charge < -0.3 is 5.32 Å². The van der Waals surface area contributed by atoms with Crippen LogP contribution >= 0.6 is 0 Å². The van der Waals surface area contributed by atoms with Gasteiger partial charge in [0, 0.05) is 5.69 Å². The highest BCUT2D eigenvalue weighted by atomic mass is 16.1. The molecular weight excluding hydrogens is 274 g/mol. The van der Waals surface area contributed by atoms with E-state index in [1.807, 2.05) is 12.1 Å². The highest BCUT2D eigenvalue weighted by molar-refractivity contribution is 5.72. The number of nitrogens with zero attached hydrogens (tertiary/aromatic N) is 2. The third-order valence-corrected chi connectivity index (χ3v) is 3.35.